The van der Waals surface area contributed by atoms with Crippen molar-refractivity contribution in [2.24, 2.45) is 11.3 Å². The summed E-state index contributed by atoms with van der Waals surface area (Å²) in [5.41, 5.74) is 3.86. The normalized spacial score (nSPS) is 35.0. The van der Waals surface area contributed by atoms with Gasteiger partial charge in [0.05, 0.1) is 7.11 Å². The van der Waals surface area contributed by atoms with Crippen LogP contribution < -0.4 is 4.74 Å². The second kappa shape index (κ2) is 4.89. The van der Waals surface area contributed by atoms with Crippen LogP contribution in [-0.2, 0) is 11.8 Å². The molecule has 1 aromatic rings. The standard InChI is InChI=1S/C18H25IO/c1-17(2)15-8-6-12-5-7-13(20-4)11-14(12)18(15,3)10-9-16(17)19/h5,7,11,15-16H,6,8-10H2,1-4H3/t15-,16-,18+/m0/s1. The number of hydrogen-bond acceptors (Lipinski definition) is 1. The van der Waals surface area contributed by atoms with Crippen molar-refractivity contribution in [3.63, 3.8) is 0 Å². The Kier molecular flexibility index (Phi) is 3.59. The Morgan fingerprint density at radius 1 is 1.20 bits per heavy atom. The minimum Gasteiger partial charge on any atom is -0.497 e. The minimum atomic E-state index is 0.327. The van der Waals surface area contributed by atoms with Gasteiger partial charge in [0, 0.05) is 3.92 Å². The van der Waals surface area contributed by atoms with Gasteiger partial charge in [-0.15, -0.1) is 0 Å². The van der Waals surface area contributed by atoms with Crippen molar-refractivity contribution in [1.29, 1.82) is 0 Å². The summed E-state index contributed by atoms with van der Waals surface area (Å²) in [5, 5.41) is 0. The van der Waals surface area contributed by atoms with Crippen molar-refractivity contribution in [2.45, 2.75) is 55.8 Å². The molecular formula is C18H25IO. The topological polar surface area (TPSA) is 9.23 Å². The zero-order chi connectivity index (χ0) is 14.5. The van der Waals surface area contributed by atoms with Crippen molar-refractivity contribution in [2.75, 3.05) is 7.11 Å². The smallest absolute Gasteiger partial charge is 0.119 e. The Hall–Kier alpha value is -0.250. The number of rotatable bonds is 1. The van der Waals surface area contributed by atoms with Crippen LogP contribution in [-0.4, -0.2) is 11.0 Å². The van der Waals surface area contributed by atoms with E-state index in [1.54, 1.807) is 18.2 Å². The lowest BCUT2D eigenvalue weighted by molar-refractivity contribution is 0.0519. The molecule has 110 valence electrons. The number of benzene rings is 1. The molecule has 0 N–H and O–H groups in total. The van der Waals surface area contributed by atoms with Crippen LogP contribution in [0, 0.1) is 11.3 Å². The van der Waals surface area contributed by atoms with E-state index in [-0.39, 0.29) is 0 Å². The number of alkyl halides is 1. The van der Waals surface area contributed by atoms with Crippen LogP contribution in [0.25, 0.3) is 0 Å². The maximum absolute atomic E-state index is 5.48. The van der Waals surface area contributed by atoms with Crippen LogP contribution in [0.2, 0.25) is 0 Å². The molecule has 0 aliphatic heterocycles. The van der Waals surface area contributed by atoms with Crippen LogP contribution >= 0.6 is 22.6 Å². The predicted octanol–water partition coefficient (Wildman–Crippen LogP) is 5.14. The Bertz CT molecular complexity index is 522. The molecule has 0 spiro atoms. The third kappa shape index (κ3) is 2.01. The highest BCUT2D eigenvalue weighted by atomic mass is 127. The number of methoxy groups -OCH3 is 1. The Morgan fingerprint density at radius 3 is 2.65 bits per heavy atom. The van der Waals surface area contributed by atoms with Gasteiger partial charge < -0.3 is 4.74 Å². The molecule has 2 heteroatoms. The van der Waals surface area contributed by atoms with Crippen LogP contribution in [0.4, 0.5) is 0 Å². The van der Waals surface area contributed by atoms with Gasteiger partial charge in [0.25, 0.3) is 0 Å². The summed E-state index contributed by atoms with van der Waals surface area (Å²) in [6.07, 6.45) is 5.21. The van der Waals surface area contributed by atoms with E-state index in [0.29, 0.717) is 10.8 Å². The van der Waals surface area contributed by atoms with Gasteiger partial charge in [-0.3, -0.25) is 0 Å². The molecule has 1 nitrogen and oxygen atoms in total. The van der Waals surface area contributed by atoms with E-state index in [1.807, 2.05) is 0 Å². The zero-order valence-corrected chi connectivity index (χ0v) is 15.2. The first-order valence-electron chi connectivity index (χ1n) is 7.71. The largest absolute Gasteiger partial charge is 0.497 e. The number of aryl methyl sites for hydroxylation is 1. The lowest BCUT2D eigenvalue weighted by Crippen LogP contribution is -2.52. The zero-order valence-electron chi connectivity index (χ0n) is 13.0. The third-order valence-corrected chi connectivity index (χ3v) is 8.25. The molecule has 0 heterocycles. The fourth-order valence-electron chi connectivity index (χ4n) is 4.76. The Morgan fingerprint density at radius 2 is 1.95 bits per heavy atom. The van der Waals surface area contributed by atoms with Gasteiger partial charge in [0.15, 0.2) is 0 Å². The van der Waals surface area contributed by atoms with Gasteiger partial charge in [-0.1, -0.05) is 49.4 Å². The molecule has 3 atom stereocenters. The van der Waals surface area contributed by atoms with E-state index in [4.69, 9.17) is 4.74 Å². The summed E-state index contributed by atoms with van der Waals surface area (Å²) >= 11 is 2.68. The van der Waals surface area contributed by atoms with E-state index in [9.17, 15) is 0 Å². The molecule has 0 saturated heterocycles. The first-order chi connectivity index (χ1) is 9.39. The van der Waals surface area contributed by atoms with Crippen LogP contribution in [0.3, 0.4) is 0 Å². The summed E-state index contributed by atoms with van der Waals surface area (Å²) in [5.74, 6) is 1.80. The fourth-order valence-corrected chi connectivity index (χ4v) is 5.50. The predicted molar refractivity (Wildman–Crippen MR) is 93.0 cm³/mol. The maximum Gasteiger partial charge on any atom is 0.119 e. The summed E-state index contributed by atoms with van der Waals surface area (Å²) in [6.45, 7) is 7.47. The van der Waals surface area contributed by atoms with Crippen molar-refractivity contribution < 1.29 is 4.74 Å². The number of fused-ring (bicyclic) bond motifs is 3. The maximum atomic E-state index is 5.48. The average molecular weight is 384 g/mol. The van der Waals surface area contributed by atoms with Crippen LogP contribution in [0.5, 0.6) is 5.75 Å². The van der Waals surface area contributed by atoms with Gasteiger partial charge in [-0.2, -0.15) is 0 Å². The molecule has 2 aliphatic rings. The quantitative estimate of drug-likeness (QED) is 0.481. The fraction of sp³-hybridized carbons (Fsp3) is 0.667. The molecule has 0 bridgehead atoms. The lowest BCUT2D eigenvalue weighted by Gasteiger charge is -2.56. The molecule has 3 rings (SSSR count). The van der Waals surface area contributed by atoms with Gasteiger partial charge in [-0.25, -0.2) is 0 Å². The molecule has 0 radical (unpaired) electrons. The van der Waals surface area contributed by atoms with Gasteiger partial charge in [0.1, 0.15) is 5.75 Å². The minimum absolute atomic E-state index is 0.327. The number of halogens is 1. The summed E-state index contributed by atoms with van der Waals surface area (Å²) in [6, 6.07) is 6.72. The molecule has 20 heavy (non-hydrogen) atoms. The van der Waals surface area contributed by atoms with E-state index in [0.717, 1.165) is 15.6 Å². The summed E-state index contributed by atoms with van der Waals surface area (Å²) < 4.78 is 6.27. The second-order valence-corrected chi connectivity index (χ2v) is 8.86. The Labute approximate surface area is 136 Å². The third-order valence-electron chi connectivity index (χ3n) is 6.03. The lowest BCUT2D eigenvalue weighted by atomic mass is 9.50. The van der Waals surface area contributed by atoms with Gasteiger partial charge >= 0.3 is 0 Å². The van der Waals surface area contributed by atoms with E-state index < -0.39 is 0 Å². The molecular weight excluding hydrogens is 359 g/mol. The van der Waals surface area contributed by atoms with Gasteiger partial charge in [-0.05, 0) is 65.7 Å². The highest BCUT2D eigenvalue weighted by Crippen LogP contribution is 2.59. The molecule has 0 aromatic heterocycles. The number of hydrogen-bond donors (Lipinski definition) is 0. The van der Waals surface area contributed by atoms with Crippen molar-refractivity contribution in [1.82, 2.24) is 0 Å². The van der Waals surface area contributed by atoms with E-state index in [1.165, 1.54) is 25.7 Å². The number of ether oxygens (including phenoxy) is 1. The average Bonchev–Trinajstić information content (AvgIpc) is 2.43. The van der Waals surface area contributed by atoms with Crippen LogP contribution in [0.15, 0.2) is 18.2 Å². The SMILES string of the molecule is COc1ccc2c(c1)[C@@]1(C)CC[C@H](I)C(C)(C)[C@@H]1CC2. The molecule has 0 unspecified atom stereocenters. The highest BCUT2D eigenvalue weighted by molar-refractivity contribution is 14.1. The van der Waals surface area contributed by atoms with Crippen LogP contribution in [0.1, 0.15) is 51.2 Å². The molecule has 2 aliphatic carbocycles. The monoisotopic (exact) mass is 384 g/mol. The molecule has 1 fully saturated rings. The van der Waals surface area contributed by atoms with Crippen molar-refractivity contribution >= 4 is 22.6 Å². The first kappa shape index (κ1) is 14.7. The van der Waals surface area contributed by atoms with Gasteiger partial charge in [0.2, 0.25) is 0 Å². The second-order valence-electron chi connectivity index (χ2n) is 7.36. The van der Waals surface area contributed by atoms with E-state index >= 15 is 0 Å². The highest BCUT2D eigenvalue weighted by Gasteiger charge is 2.52. The molecule has 0 amide bonds. The van der Waals surface area contributed by atoms with Crippen molar-refractivity contribution in [3.05, 3.63) is 29.3 Å². The summed E-state index contributed by atoms with van der Waals surface area (Å²) in [4.78, 5) is 0. The van der Waals surface area contributed by atoms with E-state index in [2.05, 4.69) is 61.6 Å². The first-order valence-corrected chi connectivity index (χ1v) is 8.95. The molecule has 1 aromatic carbocycles. The molecule has 1 saturated carbocycles. The summed E-state index contributed by atoms with van der Waals surface area (Å²) in [7, 11) is 1.77. The Balaban J connectivity index is 2.10. The van der Waals surface area contributed by atoms with Crippen molar-refractivity contribution in [3.8, 4) is 5.75 Å².